The number of hydrogen-bond acceptors (Lipinski definition) is 2. The van der Waals surface area contributed by atoms with Crippen LogP contribution in [0.1, 0.15) is 67.3 Å². The summed E-state index contributed by atoms with van der Waals surface area (Å²) in [4.78, 5) is 11.7. The van der Waals surface area contributed by atoms with Crippen LogP contribution in [0.2, 0.25) is 0 Å². The van der Waals surface area contributed by atoms with E-state index in [9.17, 15) is 4.79 Å². The number of methoxy groups -OCH3 is 1. The number of carbonyl (C=O) groups is 1. The van der Waals surface area contributed by atoms with Crippen LogP contribution in [0.3, 0.4) is 0 Å². The monoisotopic (exact) mass is 310 g/mol. The molecule has 1 aromatic carbocycles. The minimum Gasteiger partial charge on any atom is -0.465 e. The van der Waals surface area contributed by atoms with Crippen LogP contribution in [0.15, 0.2) is 24.3 Å². The van der Waals surface area contributed by atoms with Gasteiger partial charge in [-0.3, -0.25) is 0 Å². The molecular weight excluding hydrogens is 284 g/mol. The van der Waals surface area contributed by atoms with E-state index in [1.54, 1.807) is 0 Å². The Morgan fingerprint density at radius 1 is 1.14 bits per heavy atom. The van der Waals surface area contributed by atoms with E-state index in [4.69, 9.17) is 4.74 Å². The highest BCUT2D eigenvalue weighted by molar-refractivity contribution is 5.90. The van der Waals surface area contributed by atoms with Crippen LogP contribution in [0.5, 0.6) is 0 Å². The van der Waals surface area contributed by atoms with E-state index in [0.717, 1.165) is 23.5 Å². The lowest BCUT2D eigenvalue weighted by Gasteiger charge is -2.21. The molecule has 1 saturated carbocycles. The molecule has 2 nitrogen and oxygen atoms in total. The van der Waals surface area contributed by atoms with Crippen LogP contribution in [0.4, 0.5) is 0 Å². The molecule has 0 heterocycles. The molecule has 1 aromatic rings. The van der Waals surface area contributed by atoms with Crippen molar-refractivity contribution in [2.45, 2.75) is 57.8 Å². The van der Waals surface area contributed by atoms with Crippen LogP contribution in [0.25, 0.3) is 0 Å². The number of esters is 1. The van der Waals surface area contributed by atoms with Crippen molar-refractivity contribution in [3.63, 3.8) is 0 Å². The van der Waals surface area contributed by atoms with Crippen LogP contribution in [-0.4, -0.2) is 13.1 Å². The van der Waals surface area contributed by atoms with Gasteiger partial charge in [0.2, 0.25) is 0 Å². The molecule has 0 unspecified atom stereocenters. The number of rotatable bonds is 6. The second-order valence-corrected chi connectivity index (χ2v) is 5.90. The van der Waals surface area contributed by atoms with Gasteiger partial charge in [-0.2, -0.15) is 0 Å². The fourth-order valence-corrected chi connectivity index (χ4v) is 3.27. The summed E-state index contributed by atoms with van der Waals surface area (Å²) in [6.45, 7) is 0. The fraction of sp³-hybridized carbons (Fsp3) is 0.611. The maximum atomic E-state index is 11.7. The van der Waals surface area contributed by atoms with Gasteiger partial charge in [0.05, 0.1) is 12.7 Å². The zero-order valence-electron chi connectivity index (χ0n) is 13.0. The largest absolute Gasteiger partial charge is 0.465 e. The van der Waals surface area contributed by atoms with Gasteiger partial charge in [-0.1, -0.05) is 63.1 Å². The maximum Gasteiger partial charge on any atom is 0.338 e. The Kier molecular flexibility index (Phi) is 8.44. The van der Waals surface area contributed by atoms with Gasteiger partial charge in [-0.25, -0.2) is 4.79 Å². The highest BCUT2D eigenvalue weighted by Crippen LogP contribution is 2.28. The first-order valence-corrected chi connectivity index (χ1v) is 7.97. The zero-order valence-corrected chi connectivity index (χ0v) is 13.8. The molecule has 1 fully saturated rings. The molecule has 2 rings (SSSR count). The molecule has 118 valence electrons. The molecule has 0 amide bonds. The Morgan fingerprint density at radius 3 is 2.57 bits per heavy atom. The Labute approximate surface area is 134 Å². The summed E-state index contributed by atoms with van der Waals surface area (Å²) in [5.41, 5.74) is 1.86. The first-order valence-electron chi connectivity index (χ1n) is 7.97. The van der Waals surface area contributed by atoms with Crippen LogP contribution < -0.4 is 0 Å². The van der Waals surface area contributed by atoms with Gasteiger partial charge >= 0.3 is 5.97 Å². The molecule has 0 radical (unpaired) electrons. The van der Waals surface area contributed by atoms with Crippen molar-refractivity contribution < 1.29 is 9.53 Å². The van der Waals surface area contributed by atoms with Crippen molar-refractivity contribution in [3.8, 4) is 0 Å². The van der Waals surface area contributed by atoms with Crippen LogP contribution >= 0.6 is 12.4 Å². The van der Waals surface area contributed by atoms with Gasteiger partial charge in [0.1, 0.15) is 0 Å². The van der Waals surface area contributed by atoms with Crippen molar-refractivity contribution in [1.29, 1.82) is 0 Å². The molecule has 0 aromatic heterocycles. The molecule has 0 bridgehead atoms. The second-order valence-electron chi connectivity index (χ2n) is 5.90. The summed E-state index contributed by atoms with van der Waals surface area (Å²) >= 11 is 0. The lowest BCUT2D eigenvalue weighted by atomic mass is 9.85. The predicted octanol–water partition coefficient (Wildman–Crippen LogP) is 5.19. The van der Waals surface area contributed by atoms with E-state index in [1.807, 2.05) is 24.3 Å². The number of halogens is 1. The average molecular weight is 311 g/mol. The number of unbranched alkanes of at least 4 members (excludes halogenated alkanes) is 1. The zero-order chi connectivity index (χ0) is 14.2. The molecule has 0 spiro atoms. The Bertz CT molecular complexity index is 425. The van der Waals surface area contributed by atoms with Crippen molar-refractivity contribution in [2.24, 2.45) is 5.92 Å². The highest BCUT2D eigenvalue weighted by Gasteiger charge is 2.13. The molecule has 1 aliphatic rings. The predicted molar refractivity (Wildman–Crippen MR) is 89.2 cm³/mol. The molecule has 1 aliphatic carbocycles. The second kappa shape index (κ2) is 9.83. The Hall–Kier alpha value is -1.02. The third-order valence-electron chi connectivity index (χ3n) is 4.46. The van der Waals surface area contributed by atoms with Gasteiger partial charge in [-0.05, 0) is 30.4 Å². The van der Waals surface area contributed by atoms with Crippen molar-refractivity contribution in [1.82, 2.24) is 0 Å². The molecule has 3 heteroatoms. The quantitative estimate of drug-likeness (QED) is 0.534. The normalized spacial score (nSPS) is 15.3. The molecule has 0 saturated heterocycles. The van der Waals surface area contributed by atoms with E-state index < -0.39 is 0 Å². The first-order chi connectivity index (χ1) is 9.81. The third-order valence-corrected chi connectivity index (χ3v) is 4.46. The smallest absolute Gasteiger partial charge is 0.338 e. The van der Waals surface area contributed by atoms with E-state index in [1.165, 1.54) is 58.5 Å². The average Bonchev–Trinajstić information content (AvgIpc) is 2.52. The minimum absolute atomic E-state index is 0. The first kappa shape index (κ1) is 18.0. The Morgan fingerprint density at radius 2 is 1.86 bits per heavy atom. The number of ether oxygens (including phenoxy) is 1. The van der Waals surface area contributed by atoms with Gasteiger partial charge in [-0.15, -0.1) is 12.4 Å². The van der Waals surface area contributed by atoms with Gasteiger partial charge in [0, 0.05) is 0 Å². The number of hydrogen-bond donors (Lipinski definition) is 0. The lowest BCUT2D eigenvalue weighted by Crippen LogP contribution is -2.07. The molecule has 0 atom stereocenters. The summed E-state index contributed by atoms with van der Waals surface area (Å²) in [6.07, 6.45) is 11.9. The number of aryl methyl sites for hydroxylation is 1. The summed E-state index contributed by atoms with van der Waals surface area (Å²) in [5.74, 6) is 0.743. The standard InChI is InChI=1S/C18H26O2.ClH/c1-20-18(19)17-14-8-7-13-16(17)12-6-5-11-15-9-3-2-4-10-15;/h7-8,13-15H,2-6,9-12H2,1H3;1H. The molecular formula is C18H27ClO2. The molecule has 21 heavy (non-hydrogen) atoms. The van der Waals surface area contributed by atoms with Gasteiger partial charge in [0.15, 0.2) is 0 Å². The van der Waals surface area contributed by atoms with Crippen LogP contribution in [0, 0.1) is 5.92 Å². The number of carbonyl (C=O) groups excluding carboxylic acids is 1. The lowest BCUT2D eigenvalue weighted by molar-refractivity contribution is 0.0599. The van der Waals surface area contributed by atoms with Crippen LogP contribution in [-0.2, 0) is 11.2 Å². The third kappa shape index (κ3) is 5.70. The minimum atomic E-state index is -0.215. The van der Waals surface area contributed by atoms with E-state index in [-0.39, 0.29) is 18.4 Å². The maximum absolute atomic E-state index is 11.7. The Balaban J connectivity index is 0.00000220. The molecule has 0 aliphatic heterocycles. The molecule has 0 N–H and O–H groups in total. The summed E-state index contributed by atoms with van der Waals surface area (Å²) in [6, 6.07) is 7.82. The topological polar surface area (TPSA) is 26.3 Å². The van der Waals surface area contributed by atoms with Gasteiger partial charge in [0.25, 0.3) is 0 Å². The van der Waals surface area contributed by atoms with Crippen molar-refractivity contribution in [3.05, 3.63) is 35.4 Å². The van der Waals surface area contributed by atoms with Crippen molar-refractivity contribution >= 4 is 18.4 Å². The summed E-state index contributed by atoms with van der Waals surface area (Å²) in [7, 11) is 1.45. The van der Waals surface area contributed by atoms with E-state index in [0.29, 0.717) is 0 Å². The fourth-order valence-electron chi connectivity index (χ4n) is 3.27. The SMILES string of the molecule is COC(=O)c1ccccc1CCCCC1CCCCC1.Cl. The van der Waals surface area contributed by atoms with E-state index in [2.05, 4.69) is 0 Å². The highest BCUT2D eigenvalue weighted by atomic mass is 35.5. The van der Waals surface area contributed by atoms with Gasteiger partial charge < -0.3 is 4.74 Å². The summed E-state index contributed by atoms with van der Waals surface area (Å²) in [5, 5.41) is 0. The number of benzene rings is 1. The van der Waals surface area contributed by atoms with E-state index >= 15 is 0 Å². The summed E-state index contributed by atoms with van der Waals surface area (Å²) < 4.78 is 4.84. The van der Waals surface area contributed by atoms with Crippen molar-refractivity contribution in [2.75, 3.05) is 7.11 Å².